The summed E-state index contributed by atoms with van der Waals surface area (Å²) in [5.74, 6) is -0.740. The number of esters is 2. The predicted octanol–water partition coefficient (Wildman–Crippen LogP) is 2.05. The van der Waals surface area contributed by atoms with Crippen molar-refractivity contribution in [3.63, 3.8) is 0 Å². The fraction of sp³-hybridized carbons (Fsp3) is 0.867. The number of rotatable bonds is 9. The van der Waals surface area contributed by atoms with Gasteiger partial charge in [0.25, 0.3) is 0 Å². The molecule has 0 amide bonds. The van der Waals surface area contributed by atoms with Crippen molar-refractivity contribution in [2.24, 2.45) is 5.41 Å². The zero-order valence-electron chi connectivity index (χ0n) is 13.0. The van der Waals surface area contributed by atoms with Crippen LogP contribution < -0.4 is 0 Å². The van der Waals surface area contributed by atoms with Crippen LogP contribution in [0.25, 0.3) is 0 Å². The number of ether oxygens (including phenoxy) is 4. The molecular formula is C15H26O6. The molecule has 0 radical (unpaired) electrons. The normalized spacial score (nSPS) is 17.2. The molecule has 1 aliphatic rings. The van der Waals surface area contributed by atoms with Crippen LogP contribution in [-0.2, 0) is 28.5 Å². The number of unbranched alkanes of at least 4 members (excludes halogenated alkanes) is 1. The van der Waals surface area contributed by atoms with Gasteiger partial charge in [0.1, 0.15) is 13.4 Å². The molecular weight excluding hydrogens is 276 g/mol. The molecule has 0 spiro atoms. The van der Waals surface area contributed by atoms with Crippen molar-refractivity contribution in [1.29, 1.82) is 0 Å². The third-order valence-electron chi connectivity index (χ3n) is 3.57. The van der Waals surface area contributed by atoms with Gasteiger partial charge in [-0.1, -0.05) is 20.3 Å². The fourth-order valence-electron chi connectivity index (χ4n) is 1.92. The van der Waals surface area contributed by atoms with E-state index in [1.54, 1.807) is 0 Å². The van der Waals surface area contributed by atoms with Crippen LogP contribution in [0.3, 0.4) is 0 Å². The monoisotopic (exact) mass is 302 g/mol. The molecule has 0 aromatic heterocycles. The zero-order chi connectivity index (χ0) is 15.6. The van der Waals surface area contributed by atoms with E-state index < -0.39 is 0 Å². The molecule has 0 bridgehead atoms. The minimum atomic E-state index is -0.388. The lowest BCUT2D eigenvalue weighted by Gasteiger charge is -2.35. The highest BCUT2D eigenvalue weighted by atomic mass is 16.7. The Morgan fingerprint density at radius 2 is 1.67 bits per heavy atom. The Labute approximate surface area is 126 Å². The van der Waals surface area contributed by atoms with Crippen LogP contribution in [0.15, 0.2) is 0 Å². The first-order valence-electron chi connectivity index (χ1n) is 7.58. The summed E-state index contributed by atoms with van der Waals surface area (Å²) in [5, 5.41) is 0. The number of hydrogen-bond donors (Lipinski definition) is 0. The molecule has 0 aromatic rings. The molecule has 21 heavy (non-hydrogen) atoms. The van der Waals surface area contributed by atoms with Gasteiger partial charge >= 0.3 is 11.9 Å². The van der Waals surface area contributed by atoms with E-state index in [0.717, 1.165) is 19.3 Å². The maximum atomic E-state index is 11.7. The van der Waals surface area contributed by atoms with Gasteiger partial charge in [-0.15, -0.1) is 0 Å². The smallest absolute Gasteiger partial charge is 0.306 e. The second-order valence-electron chi connectivity index (χ2n) is 5.40. The Balaban J connectivity index is 2.19. The molecule has 1 heterocycles. The van der Waals surface area contributed by atoms with E-state index in [1.165, 1.54) is 0 Å². The predicted molar refractivity (Wildman–Crippen MR) is 75.6 cm³/mol. The van der Waals surface area contributed by atoms with Crippen LogP contribution in [0.5, 0.6) is 0 Å². The number of carbonyl (C=O) groups excluding carboxylic acids is 2. The topological polar surface area (TPSA) is 71.1 Å². The maximum Gasteiger partial charge on any atom is 0.306 e. The van der Waals surface area contributed by atoms with Crippen molar-refractivity contribution >= 4 is 11.9 Å². The van der Waals surface area contributed by atoms with E-state index in [0.29, 0.717) is 26.6 Å². The highest BCUT2D eigenvalue weighted by Gasteiger charge is 2.33. The first kappa shape index (κ1) is 17.9. The molecule has 1 saturated heterocycles. The molecule has 0 atom stereocenters. The van der Waals surface area contributed by atoms with Gasteiger partial charge in [-0.05, 0) is 12.8 Å². The standard InChI is InChI=1S/C15H26O6/c1-3-5-8-20-13(16)6-7-14(17)21-11-15(4-2)9-18-12-19-10-15/h3-12H2,1-2H3. The number of carbonyl (C=O) groups is 2. The van der Waals surface area contributed by atoms with Gasteiger partial charge in [0, 0.05) is 0 Å². The van der Waals surface area contributed by atoms with Crippen molar-refractivity contribution in [3.05, 3.63) is 0 Å². The quantitative estimate of drug-likeness (QED) is 0.479. The summed E-state index contributed by atoms with van der Waals surface area (Å²) in [4.78, 5) is 23.0. The average molecular weight is 302 g/mol. The van der Waals surface area contributed by atoms with Crippen molar-refractivity contribution in [1.82, 2.24) is 0 Å². The molecule has 0 N–H and O–H groups in total. The zero-order valence-corrected chi connectivity index (χ0v) is 13.0. The van der Waals surface area contributed by atoms with Crippen molar-refractivity contribution in [2.45, 2.75) is 46.0 Å². The Morgan fingerprint density at radius 1 is 1.05 bits per heavy atom. The van der Waals surface area contributed by atoms with Crippen molar-refractivity contribution in [2.75, 3.05) is 33.2 Å². The summed E-state index contributed by atoms with van der Waals surface area (Å²) >= 11 is 0. The third-order valence-corrected chi connectivity index (χ3v) is 3.57. The van der Waals surface area contributed by atoms with Gasteiger partial charge in [0.15, 0.2) is 0 Å². The van der Waals surface area contributed by atoms with E-state index in [2.05, 4.69) is 0 Å². The SMILES string of the molecule is CCCCOC(=O)CCC(=O)OCC1(CC)COCOC1. The molecule has 1 fully saturated rings. The molecule has 6 heteroatoms. The van der Waals surface area contributed by atoms with E-state index in [-0.39, 0.29) is 36.8 Å². The highest BCUT2D eigenvalue weighted by Crippen LogP contribution is 2.26. The summed E-state index contributed by atoms with van der Waals surface area (Å²) in [6.45, 7) is 6.04. The van der Waals surface area contributed by atoms with Gasteiger partial charge in [-0.25, -0.2) is 0 Å². The third kappa shape index (κ3) is 6.91. The van der Waals surface area contributed by atoms with Gasteiger partial charge in [-0.2, -0.15) is 0 Å². The molecule has 0 unspecified atom stereocenters. The molecule has 0 aliphatic carbocycles. The van der Waals surface area contributed by atoms with Crippen LogP contribution in [0.1, 0.15) is 46.0 Å². The minimum Gasteiger partial charge on any atom is -0.466 e. The summed E-state index contributed by atoms with van der Waals surface area (Å²) in [7, 11) is 0. The fourth-order valence-corrected chi connectivity index (χ4v) is 1.92. The highest BCUT2D eigenvalue weighted by molar-refractivity contribution is 5.77. The lowest BCUT2D eigenvalue weighted by Crippen LogP contribution is -2.41. The molecule has 1 aliphatic heterocycles. The first-order chi connectivity index (χ1) is 10.1. The molecule has 6 nitrogen and oxygen atoms in total. The van der Waals surface area contributed by atoms with E-state index in [9.17, 15) is 9.59 Å². The largest absolute Gasteiger partial charge is 0.466 e. The summed E-state index contributed by atoms with van der Waals surface area (Å²) in [6, 6.07) is 0. The Hall–Kier alpha value is -1.14. The first-order valence-corrected chi connectivity index (χ1v) is 7.58. The maximum absolute atomic E-state index is 11.7. The Kier molecular flexibility index (Phi) is 8.30. The average Bonchev–Trinajstić information content (AvgIpc) is 2.52. The van der Waals surface area contributed by atoms with E-state index in [1.807, 2.05) is 13.8 Å². The van der Waals surface area contributed by atoms with Crippen LogP contribution in [0.2, 0.25) is 0 Å². The molecule has 0 aromatic carbocycles. The second kappa shape index (κ2) is 9.73. The van der Waals surface area contributed by atoms with Gasteiger partial charge in [-0.3, -0.25) is 9.59 Å². The van der Waals surface area contributed by atoms with Gasteiger partial charge < -0.3 is 18.9 Å². The number of hydrogen-bond acceptors (Lipinski definition) is 6. The van der Waals surface area contributed by atoms with Crippen LogP contribution in [0.4, 0.5) is 0 Å². The molecule has 0 saturated carbocycles. The summed E-state index contributed by atoms with van der Waals surface area (Å²) in [5.41, 5.74) is -0.268. The van der Waals surface area contributed by atoms with E-state index in [4.69, 9.17) is 18.9 Å². The van der Waals surface area contributed by atoms with Crippen molar-refractivity contribution < 1.29 is 28.5 Å². The van der Waals surface area contributed by atoms with Gasteiger partial charge in [0.2, 0.25) is 0 Å². The Morgan fingerprint density at radius 3 is 2.24 bits per heavy atom. The molecule has 1 rings (SSSR count). The lowest BCUT2D eigenvalue weighted by molar-refractivity contribution is -0.187. The lowest BCUT2D eigenvalue weighted by atomic mass is 9.87. The van der Waals surface area contributed by atoms with Crippen LogP contribution >= 0.6 is 0 Å². The summed E-state index contributed by atoms with van der Waals surface area (Å²) < 4.78 is 20.8. The minimum absolute atomic E-state index is 0.0481. The van der Waals surface area contributed by atoms with Crippen molar-refractivity contribution in [3.8, 4) is 0 Å². The second-order valence-corrected chi connectivity index (χ2v) is 5.40. The van der Waals surface area contributed by atoms with E-state index >= 15 is 0 Å². The van der Waals surface area contributed by atoms with Crippen LogP contribution in [0, 0.1) is 5.41 Å². The van der Waals surface area contributed by atoms with Crippen LogP contribution in [-0.4, -0.2) is 45.2 Å². The summed E-state index contributed by atoms with van der Waals surface area (Å²) in [6.07, 6.45) is 2.73. The van der Waals surface area contributed by atoms with Gasteiger partial charge in [0.05, 0.1) is 38.1 Å². The molecule has 122 valence electrons. The Bertz CT molecular complexity index is 322.